The second-order valence-corrected chi connectivity index (χ2v) is 6.78. The molecule has 0 spiro atoms. The molecule has 4 heteroatoms. The number of hydrogen-bond acceptors (Lipinski definition) is 3. The van der Waals surface area contributed by atoms with E-state index in [2.05, 4.69) is 50.2 Å². The standard InChI is InChI=1S/C16H33N3O/c1-12(2)14(5)18-16(20)11-19-9-7-6-8-15(19)10-17-13(3)4/h12-15,17H,6-11H2,1-5H3,(H,18,20). The van der Waals surface area contributed by atoms with Crippen LogP contribution in [-0.4, -0.2) is 48.6 Å². The van der Waals surface area contributed by atoms with E-state index in [-0.39, 0.29) is 11.9 Å². The van der Waals surface area contributed by atoms with Crippen molar-refractivity contribution >= 4 is 5.91 Å². The van der Waals surface area contributed by atoms with Crippen molar-refractivity contribution in [3.63, 3.8) is 0 Å². The van der Waals surface area contributed by atoms with Crippen LogP contribution in [0.1, 0.15) is 53.9 Å². The summed E-state index contributed by atoms with van der Waals surface area (Å²) in [5.41, 5.74) is 0. The molecule has 1 aliphatic rings. The number of carbonyl (C=O) groups is 1. The van der Waals surface area contributed by atoms with Crippen LogP contribution in [0, 0.1) is 5.92 Å². The third kappa shape index (κ3) is 6.23. The van der Waals surface area contributed by atoms with Crippen molar-refractivity contribution in [2.45, 2.75) is 72.0 Å². The second-order valence-electron chi connectivity index (χ2n) is 6.78. The molecule has 2 unspecified atom stereocenters. The van der Waals surface area contributed by atoms with E-state index in [1.165, 1.54) is 19.3 Å². The highest BCUT2D eigenvalue weighted by atomic mass is 16.2. The molecule has 0 radical (unpaired) electrons. The van der Waals surface area contributed by atoms with Crippen LogP contribution < -0.4 is 10.6 Å². The van der Waals surface area contributed by atoms with Crippen LogP contribution in [0.2, 0.25) is 0 Å². The molecule has 0 aromatic heterocycles. The van der Waals surface area contributed by atoms with Crippen LogP contribution in [-0.2, 0) is 4.79 Å². The summed E-state index contributed by atoms with van der Waals surface area (Å²) in [5, 5.41) is 6.62. The fourth-order valence-corrected chi connectivity index (χ4v) is 2.52. The molecular formula is C16H33N3O. The molecule has 1 aliphatic heterocycles. The first-order valence-electron chi connectivity index (χ1n) is 8.17. The number of hydrogen-bond donors (Lipinski definition) is 2. The highest BCUT2D eigenvalue weighted by molar-refractivity contribution is 5.78. The Hall–Kier alpha value is -0.610. The third-order valence-electron chi connectivity index (χ3n) is 4.25. The number of nitrogens with one attached hydrogen (secondary N) is 2. The van der Waals surface area contributed by atoms with Gasteiger partial charge in [-0.15, -0.1) is 0 Å². The summed E-state index contributed by atoms with van der Waals surface area (Å²) < 4.78 is 0. The minimum Gasteiger partial charge on any atom is -0.352 e. The van der Waals surface area contributed by atoms with Gasteiger partial charge in [-0.25, -0.2) is 0 Å². The molecule has 20 heavy (non-hydrogen) atoms. The highest BCUT2D eigenvalue weighted by Crippen LogP contribution is 2.16. The van der Waals surface area contributed by atoms with Gasteiger partial charge in [0.15, 0.2) is 0 Å². The molecule has 1 amide bonds. The van der Waals surface area contributed by atoms with Crippen molar-refractivity contribution in [3.05, 3.63) is 0 Å². The Bertz CT molecular complexity index is 291. The van der Waals surface area contributed by atoms with Crippen molar-refractivity contribution in [2.24, 2.45) is 5.92 Å². The zero-order chi connectivity index (χ0) is 15.1. The summed E-state index contributed by atoms with van der Waals surface area (Å²) in [7, 11) is 0. The minimum atomic E-state index is 0.169. The van der Waals surface area contributed by atoms with Crippen molar-refractivity contribution < 1.29 is 4.79 Å². The maximum Gasteiger partial charge on any atom is 0.234 e. The SMILES string of the molecule is CC(C)NCC1CCCCN1CC(=O)NC(C)C(C)C. The first-order chi connectivity index (χ1) is 9.40. The largest absolute Gasteiger partial charge is 0.352 e. The Morgan fingerprint density at radius 3 is 2.50 bits per heavy atom. The van der Waals surface area contributed by atoms with Gasteiger partial charge in [0.2, 0.25) is 5.91 Å². The lowest BCUT2D eigenvalue weighted by Gasteiger charge is -2.36. The highest BCUT2D eigenvalue weighted by Gasteiger charge is 2.24. The van der Waals surface area contributed by atoms with Gasteiger partial charge in [-0.05, 0) is 32.2 Å². The average Bonchev–Trinajstić information content (AvgIpc) is 2.37. The van der Waals surface area contributed by atoms with Gasteiger partial charge in [-0.1, -0.05) is 34.1 Å². The molecule has 0 saturated carbocycles. The molecule has 0 aromatic rings. The van der Waals surface area contributed by atoms with Gasteiger partial charge in [0.1, 0.15) is 0 Å². The van der Waals surface area contributed by atoms with E-state index in [4.69, 9.17) is 0 Å². The summed E-state index contributed by atoms with van der Waals surface area (Å²) in [6.45, 7) is 13.3. The van der Waals surface area contributed by atoms with E-state index < -0.39 is 0 Å². The topological polar surface area (TPSA) is 44.4 Å². The monoisotopic (exact) mass is 283 g/mol. The average molecular weight is 283 g/mol. The number of carbonyl (C=O) groups excluding carboxylic acids is 1. The normalized spacial score (nSPS) is 22.2. The molecule has 0 bridgehead atoms. The Balaban J connectivity index is 2.43. The van der Waals surface area contributed by atoms with E-state index in [0.29, 0.717) is 24.5 Å². The zero-order valence-electron chi connectivity index (χ0n) is 13.9. The molecule has 0 aromatic carbocycles. The molecule has 118 valence electrons. The number of nitrogens with zero attached hydrogens (tertiary/aromatic N) is 1. The predicted octanol–water partition coefficient (Wildman–Crippen LogP) is 2.00. The minimum absolute atomic E-state index is 0.169. The lowest BCUT2D eigenvalue weighted by atomic mass is 10.0. The van der Waals surface area contributed by atoms with Gasteiger partial charge in [0.25, 0.3) is 0 Å². The zero-order valence-corrected chi connectivity index (χ0v) is 13.9. The number of likely N-dealkylation sites (tertiary alicyclic amines) is 1. The Morgan fingerprint density at radius 2 is 1.90 bits per heavy atom. The third-order valence-corrected chi connectivity index (χ3v) is 4.25. The summed E-state index contributed by atoms with van der Waals surface area (Å²) in [6.07, 6.45) is 3.70. The molecule has 1 heterocycles. The van der Waals surface area contributed by atoms with Gasteiger partial charge >= 0.3 is 0 Å². The molecule has 1 saturated heterocycles. The number of amides is 1. The quantitative estimate of drug-likeness (QED) is 0.751. The van der Waals surface area contributed by atoms with Crippen LogP contribution in [0.25, 0.3) is 0 Å². The molecule has 2 atom stereocenters. The van der Waals surface area contributed by atoms with Crippen LogP contribution in [0.5, 0.6) is 0 Å². The van der Waals surface area contributed by atoms with Gasteiger partial charge < -0.3 is 10.6 Å². The van der Waals surface area contributed by atoms with Crippen molar-refractivity contribution in [2.75, 3.05) is 19.6 Å². The first-order valence-corrected chi connectivity index (χ1v) is 8.17. The van der Waals surface area contributed by atoms with Crippen LogP contribution in [0.4, 0.5) is 0 Å². The summed E-state index contributed by atoms with van der Waals surface area (Å²) in [5.74, 6) is 0.654. The molecule has 4 nitrogen and oxygen atoms in total. The Morgan fingerprint density at radius 1 is 1.20 bits per heavy atom. The van der Waals surface area contributed by atoms with Gasteiger partial charge in [-0.3, -0.25) is 9.69 Å². The molecular weight excluding hydrogens is 250 g/mol. The molecule has 1 fully saturated rings. The molecule has 0 aliphatic carbocycles. The Kier molecular flexibility index (Phi) is 7.52. The van der Waals surface area contributed by atoms with Crippen molar-refractivity contribution in [3.8, 4) is 0 Å². The lowest BCUT2D eigenvalue weighted by molar-refractivity contribution is -0.124. The lowest BCUT2D eigenvalue weighted by Crippen LogP contribution is -2.51. The van der Waals surface area contributed by atoms with E-state index >= 15 is 0 Å². The summed E-state index contributed by atoms with van der Waals surface area (Å²) >= 11 is 0. The van der Waals surface area contributed by atoms with E-state index in [1.54, 1.807) is 0 Å². The van der Waals surface area contributed by atoms with E-state index in [1.807, 2.05) is 0 Å². The van der Waals surface area contributed by atoms with E-state index in [9.17, 15) is 4.79 Å². The second kappa shape index (κ2) is 8.63. The van der Waals surface area contributed by atoms with Gasteiger partial charge in [0.05, 0.1) is 6.54 Å². The van der Waals surface area contributed by atoms with E-state index in [0.717, 1.165) is 13.1 Å². The van der Waals surface area contributed by atoms with Gasteiger partial charge in [0, 0.05) is 24.7 Å². The molecule has 1 rings (SSSR count). The van der Waals surface area contributed by atoms with Crippen LogP contribution in [0.3, 0.4) is 0 Å². The predicted molar refractivity (Wildman–Crippen MR) is 84.8 cm³/mol. The molecule has 2 N–H and O–H groups in total. The Labute approximate surface area is 124 Å². The van der Waals surface area contributed by atoms with Gasteiger partial charge in [-0.2, -0.15) is 0 Å². The van der Waals surface area contributed by atoms with Crippen molar-refractivity contribution in [1.82, 2.24) is 15.5 Å². The summed E-state index contributed by atoms with van der Waals surface area (Å²) in [6, 6.07) is 1.26. The number of rotatable bonds is 7. The fraction of sp³-hybridized carbons (Fsp3) is 0.938. The fourth-order valence-electron chi connectivity index (χ4n) is 2.52. The van der Waals surface area contributed by atoms with Crippen LogP contribution >= 0.6 is 0 Å². The van der Waals surface area contributed by atoms with Crippen LogP contribution in [0.15, 0.2) is 0 Å². The number of piperidine rings is 1. The summed E-state index contributed by atoms with van der Waals surface area (Å²) in [4.78, 5) is 14.5. The first kappa shape index (κ1) is 17.4. The van der Waals surface area contributed by atoms with Crippen molar-refractivity contribution in [1.29, 1.82) is 0 Å². The maximum atomic E-state index is 12.1. The smallest absolute Gasteiger partial charge is 0.234 e. The maximum absolute atomic E-state index is 12.1.